The number of benzene rings is 2. The topological polar surface area (TPSA) is 9.23 Å². The molecule has 0 radical (unpaired) electrons. The number of hydrogen-bond donors (Lipinski definition) is 0. The molecule has 2 rings (SSSR count). The summed E-state index contributed by atoms with van der Waals surface area (Å²) in [6.07, 6.45) is 0. The monoisotopic (exact) mass is 442 g/mol. The second-order valence-electron chi connectivity index (χ2n) is 4.92. The molecule has 0 bridgehead atoms. The smallest absolute Gasteiger partial charge is 0.367 e. The molecule has 0 heterocycles. The van der Waals surface area contributed by atoms with Gasteiger partial charge in [-0.1, -0.05) is 0 Å². The van der Waals surface area contributed by atoms with Crippen LogP contribution in [0, 0.1) is 58.2 Å². The second kappa shape index (κ2) is 7.32. The Balaban J connectivity index is 3.04. The Morgan fingerprint density at radius 1 is 0.556 bits per heavy atom. The van der Waals surface area contributed by atoms with Crippen LogP contribution >= 0.6 is 11.1 Å². The lowest BCUT2D eigenvalue weighted by molar-refractivity contribution is 0.338. The van der Waals surface area contributed by atoms with Gasteiger partial charge in [-0.3, -0.25) is 0 Å². The zero-order valence-electron chi connectivity index (χ0n) is 12.8. The Hall–Kier alpha value is -1.79. The van der Waals surface area contributed by atoms with Crippen LogP contribution in [0.4, 0.5) is 43.9 Å². The summed E-state index contributed by atoms with van der Waals surface area (Å²) in [6.45, 7) is 0.316. The molecule has 148 valence electrons. The summed E-state index contributed by atoms with van der Waals surface area (Å²) in [6, 6.07) is 0. The fraction of sp³-hybridized carbons (Fsp3) is 0.143. The van der Waals surface area contributed by atoms with E-state index in [1.807, 2.05) is 0 Å². The van der Waals surface area contributed by atoms with Gasteiger partial charge in [0, 0.05) is 6.61 Å². The number of halogens is 11. The van der Waals surface area contributed by atoms with Crippen molar-refractivity contribution in [2.24, 2.45) is 0 Å². The highest BCUT2D eigenvalue weighted by molar-refractivity contribution is 7.30. The van der Waals surface area contributed by atoms with E-state index < -0.39 is 82.8 Å². The van der Waals surface area contributed by atoms with Crippen molar-refractivity contribution in [3.63, 3.8) is 0 Å². The summed E-state index contributed by atoms with van der Waals surface area (Å²) in [5.41, 5.74) is 0. The van der Waals surface area contributed by atoms with Gasteiger partial charge in [0.1, 0.15) is 0 Å². The average Bonchev–Trinajstić information content (AvgIpc) is 2.62. The van der Waals surface area contributed by atoms with Gasteiger partial charge in [0.2, 0.25) is 11.6 Å². The van der Waals surface area contributed by atoms with Crippen LogP contribution in [0.3, 0.4) is 0 Å². The summed E-state index contributed by atoms with van der Waals surface area (Å²) in [4.78, 5) is 0. The zero-order valence-corrected chi connectivity index (χ0v) is 14.5. The predicted molar refractivity (Wildman–Crippen MR) is 75.0 cm³/mol. The van der Waals surface area contributed by atoms with E-state index in [0.717, 1.165) is 6.92 Å². The van der Waals surface area contributed by atoms with Crippen molar-refractivity contribution >= 4 is 29.1 Å². The molecule has 0 amide bonds. The van der Waals surface area contributed by atoms with Crippen LogP contribution in [-0.2, 0) is 4.43 Å². The molecule has 0 spiro atoms. The Morgan fingerprint density at radius 3 is 1.00 bits per heavy atom. The summed E-state index contributed by atoms with van der Waals surface area (Å²) < 4.78 is 141. The van der Waals surface area contributed by atoms with Crippen LogP contribution in [0.25, 0.3) is 0 Å². The average molecular weight is 443 g/mol. The molecule has 27 heavy (non-hydrogen) atoms. The van der Waals surface area contributed by atoms with Crippen LogP contribution in [0.1, 0.15) is 6.92 Å². The number of hydrogen-bond acceptors (Lipinski definition) is 1. The zero-order chi connectivity index (χ0) is 20.8. The van der Waals surface area contributed by atoms with Gasteiger partial charge in [-0.25, -0.2) is 43.9 Å². The van der Waals surface area contributed by atoms with Crippen LogP contribution < -0.4 is 10.4 Å². The molecule has 13 heteroatoms. The van der Waals surface area contributed by atoms with Gasteiger partial charge in [-0.15, -0.1) is 11.1 Å². The molecule has 0 saturated carbocycles. The van der Waals surface area contributed by atoms with Gasteiger partial charge in [0.05, 0.1) is 10.4 Å². The highest BCUT2D eigenvalue weighted by atomic mass is 35.6. The Labute approximate surface area is 150 Å². The molecule has 0 atom stereocenters. The minimum Gasteiger partial charge on any atom is -0.397 e. The van der Waals surface area contributed by atoms with Gasteiger partial charge in [-0.2, -0.15) is 0 Å². The molecular formula is C14H5ClF10OSi. The van der Waals surface area contributed by atoms with Crippen molar-refractivity contribution in [3.8, 4) is 0 Å². The van der Waals surface area contributed by atoms with Gasteiger partial charge >= 0.3 is 7.63 Å². The van der Waals surface area contributed by atoms with Crippen LogP contribution in [0.2, 0.25) is 0 Å². The van der Waals surface area contributed by atoms with Crippen molar-refractivity contribution in [2.45, 2.75) is 6.92 Å². The third kappa shape index (κ3) is 3.08. The summed E-state index contributed by atoms with van der Waals surface area (Å²) in [7, 11) is -5.67. The minimum absolute atomic E-state index is 0.727. The molecular weight excluding hydrogens is 438 g/mol. The van der Waals surface area contributed by atoms with Crippen molar-refractivity contribution in [1.82, 2.24) is 0 Å². The molecule has 1 nitrogen and oxygen atoms in total. The van der Waals surface area contributed by atoms with Crippen molar-refractivity contribution in [3.05, 3.63) is 58.2 Å². The van der Waals surface area contributed by atoms with Crippen LogP contribution in [0.15, 0.2) is 0 Å². The summed E-state index contributed by atoms with van der Waals surface area (Å²) >= 11 is 5.75. The van der Waals surface area contributed by atoms with Gasteiger partial charge in [0.25, 0.3) is 0 Å². The first-order valence-electron chi connectivity index (χ1n) is 6.78. The van der Waals surface area contributed by atoms with E-state index in [2.05, 4.69) is 4.43 Å². The third-order valence-corrected chi connectivity index (χ3v) is 7.72. The molecule has 0 aliphatic heterocycles. The Bertz CT molecular complexity index is 808. The lowest BCUT2D eigenvalue weighted by Crippen LogP contribution is -2.62. The molecule has 0 fully saturated rings. The second-order valence-corrected chi connectivity index (χ2v) is 8.99. The van der Waals surface area contributed by atoms with E-state index in [-0.39, 0.29) is 0 Å². The predicted octanol–water partition coefficient (Wildman–Crippen LogP) is 3.91. The molecule has 0 N–H and O–H groups in total. The maximum atomic E-state index is 14.1. The quantitative estimate of drug-likeness (QED) is 0.229. The van der Waals surface area contributed by atoms with Crippen molar-refractivity contribution in [1.29, 1.82) is 0 Å². The first-order chi connectivity index (χ1) is 12.4. The van der Waals surface area contributed by atoms with Crippen molar-refractivity contribution in [2.75, 3.05) is 6.61 Å². The van der Waals surface area contributed by atoms with Crippen LogP contribution in [0.5, 0.6) is 0 Å². The van der Waals surface area contributed by atoms with E-state index in [0.29, 0.717) is 0 Å². The van der Waals surface area contributed by atoms with Gasteiger partial charge in [0.15, 0.2) is 46.5 Å². The van der Waals surface area contributed by atoms with E-state index in [1.54, 1.807) is 0 Å². The standard InChI is InChI=1S/C14H5ClF10OSi/c1-2-26-27(15,13-9(22)5(18)3(16)6(19)10(13)23)14-11(24)7(20)4(17)8(21)12(14)25/h2H2,1H3. The maximum absolute atomic E-state index is 14.1. The van der Waals surface area contributed by atoms with Gasteiger partial charge < -0.3 is 4.43 Å². The Kier molecular flexibility index (Phi) is 5.83. The largest absolute Gasteiger partial charge is 0.397 e. The molecule has 0 aromatic heterocycles. The summed E-state index contributed by atoms with van der Waals surface area (Å²) in [5, 5.41) is -4.02. The fourth-order valence-electron chi connectivity index (χ4n) is 2.24. The van der Waals surface area contributed by atoms with E-state index >= 15 is 0 Å². The van der Waals surface area contributed by atoms with Crippen molar-refractivity contribution < 1.29 is 48.3 Å². The highest BCUT2D eigenvalue weighted by Gasteiger charge is 2.51. The maximum Gasteiger partial charge on any atom is 0.367 e. The normalized spacial score (nSPS) is 12.0. The summed E-state index contributed by atoms with van der Waals surface area (Å²) in [5.74, 6) is -25.9. The number of rotatable bonds is 4. The lowest BCUT2D eigenvalue weighted by Gasteiger charge is -2.27. The fourth-order valence-corrected chi connectivity index (χ4v) is 6.07. The highest BCUT2D eigenvalue weighted by Crippen LogP contribution is 2.26. The minimum atomic E-state index is -5.67. The van der Waals surface area contributed by atoms with Gasteiger partial charge in [-0.05, 0) is 6.92 Å². The molecule has 0 unspecified atom stereocenters. The van der Waals surface area contributed by atoms with Crippen LogP contribution in [-0.4, -0.2) is 14.2 Å². The van der Waals surface area contributed by atoms with E-state index in [1.165, 1.54) is 0 Å². The molecule has 0 saturated heterocycles. The molecule has 2 aromatic rings. The first-order valence-corrected chi connectivity index (χ1v) is 9.70. The van der Waals surface area contributed by atoms with E-state index in [9.17, 15) is 43.9 Å². The lowest BCUT2D eigenvalue weighted by atomic mass is 10.3. The SMILES string of the molecule is CCO[Si](Cl)(c1c(F)c(F)c(F)c(F)c1F)c1c(F)c(F)c(F)c(F)c1F. The first kappa shape index (κ1) is 21.5. The third-order valence-electron chi connectivity index (χ3n) is 3.41. The molecule has 0 aliphatic rings. The van der Waals surface area contributed by atoms with E-state index in [4.69, 9.17) is 11.1 Å². The molecule has 2 aromatic carbocycles. The molecule has 0 aliphatic carbocycles. The Morgan fingerprint density at radius 2 is 0.778 bits per heavy atom.